The first-order valence-corrected chi connectivity index (χ1v) is 11.6. The second-order valence-electron chi connectivity index (χ2n) is 7.20. The lowest BCUT2D eigenvalue weighted by atomic mass is 9.98. The van der Waals surface area contributed by atoms with Crippen LogP contribution in [0.25, 0.3) is 0 Å². The molecule has 8 nitrogen and oxygen atoms in total. The van der Waals surface area contributed by atoms with Crippen molar-refractivity contribution in [1.29, 1.82) is 5.26 Å². The molecule has 1 aromatic rings. The minimum Gasteiger partial charge on any atom is -0.356 e. The molecule has 0 unspecified atom stereocenters. The van der Waals surface area contributed by atoms with E-state index in [1.807, 2.05) is 24.3 Å². The van der Waals surface area contributed by atoms with Crippen molar-refractivity contribution in [2.75, 3.05) is 37.3 Å². The van der Waals surface area contributed by atoms with Crippen LogP contribution < -0.4 is 10.2 Å². The van der Waals surface area contributed by atoms with Crippen LogP contribution in [0.2, 0.25) is 0 Å². The van der Waals surface area contributed by atoms with E-state index in [2.05, 4.69) is 5.32 Å². The van der Waals surface area contributed by atoms with Crippen LogP contribution in [0.4, 0.5) is 5.69 Å². The van der Waals surface area contributed by atoms with E-state index >= 15 is 0 Å². The van der Waals surface area contributed by atoms with Crippen LogP contribution in [-0.2, 0) is 19.6 Å². The topological polar surface area (TPSA) is 111 Å². The van der Waals surface area contributed by atoms with E-state index in [4.69, 9.17) is 5.26 Å². The molecule has 29 heavy (non-hydrogen) atoms. The molecule has 1 aromatic carbocycles. The van der Waals surface area contributed by atoms with E-state index in [1.54, 1.807) is 12.1 Å². The molecule has 0 spiro atoms. The number of amides is 2. The lowest BCUT2D eigenvalue weighted by Crippen LogP contribution is -2.41. The maximum atomic E-state index is 12.6. The van der Waals surface area contributed by atoms with Crippen LogP contribution in [0.5, 0.6) is 0 Å². The highest BCUT2D eigenvalue weighted by Crippen LogP contribution is 2.19. The average Bonchev–Trinajstić information content (AvgIpc) is 2.71. The van der Waals surface area contributed by atoms with E-state index in [1.165, 1.54) is 15.5 Å². The minimum absolute atomic E-state index is 0.0681. The molecule has 1 N–H and O–H groups in total. The van der Waals surface area contributed by atoms with E-state index in [-0.39, 0.29) is 37.0 Å². The summed E-state index contributed by atoms with van der Waals surface area (Å²) >= 11 is 0. The van der Waals surface area contributed by atoms with Crippen molar-refractivity contribution in [2.45, 2.75) is 32.1 Å². The van der Waals surface area contributed by atoms with Gasteiger partial charge < -0.3 is 10.2 Å². The summed E-state index contributed by atoms with van der Waals surface area (Å²) < 4.78 is 24.5. The summed E-state index contributed by atoms with van der Waals surface area (Å²) in [6.07, 6.45) is 3.00. The van der Waals surface area contributed by atoms with Crippen molar-refractivity contribution >= 4 is 27.5 Å². The number of rotatable bonds is 9. The Morgan fingerprint density at radius 1 is 1.21 bits per heavy atom. The van der Waals surface area contributed by atoms with Crippen LogP contribution >= 0.6 is 0 Å². The first-order chi connectivity index (χ1) is 13.8. The van der Waals surface area contributed by atoms with Gasteiger partial charge in [0.15, 0.2) is 0 Å². The van der Waals surface area contributed by atoms with Gasteiger partial charge in [-0.1, -0.05) is 18.2 Å². The average molecular weight is 421 g/mol. The Morgan fingerprint density at radius 2 is 1.86 bits per heavy atom. The van der Waals surface area contributed by atoms with E-state index < -0.39 is 10.0 Å². The Labute approximate surface area is 172 Å². The fourth-order valence-corrected chi connectivity index (χ4v) is 4.19. The lowest BCUT2D eigenvalue weighted by Gasteiger charge is -2.30. The highest BCUT2D eigenvalue weighted by atomic mass is 32.2. The number of nitrogens with one attached hydrogen (secondary N) is 1. The van der Waals surface area contributed by atoms with Gasteiger partial charge in [-0.25, -0.2) is 12.7 Å². The summed E-state index contributed by atoms with van der Waals surface area (Å²) in [6.45, 7) is 1.73. The second kappa shape index (κ2) is 10.9. The number of nitriles is 1. The van der Waals surface area contributed by atoms with Gasteiger partial charge in [0.1, 0.15) is 0 Å². The molecule has 1 aliphatic rings. The SMILES string of the molecule is CS(=O)(=O)N1CCC(CNC(=O)CCC(=O)N(CCC#N)c2ccccc2)CC1. The van der Waals surface area contributed by atoms with Crippen molar-refractivity contribution in [3.63, 3.8) is 0 Å². The summed E-state index contributed by atoms with van der Waals surface area (Å²) in [5, 5.41) is 11.7. The maximum absolute atomic E-state index is 12.6. The minimum atomic E-state index is -3.15. The molecule has 9 heteroatoms. The molecule has 0 aromatic heterocycles. The highest BCUT2D eigenvalue weighted by Gasteiger charge is 2.25. The van der Waals surface area contributed by atoms with Gasteiger partial charge in [0.05, 0.1) is 18.7 Å². The smallest absolute Gasteiger partial charge is 0.227 e. The quantitative estimate of drug-likeness (QED) is 0.651. The maximum Gasteiger partial charge on any atom is 0.227 e. The molecule has 0 radical (unpaired) electrons. The summed E-state index contributed by atoms with van der Waals surface area (Å²) in [5.74, 6) is -0.149. The summed E-state index contributed by atoms with van der Waals surface area (Å²) in [6, 6.07) is 11.1. The van der Waals surface area contributed by atoms with Gasteiger partial charge in [-0.3, -0.25) is 9.59 Å². The van der Waals surface area contributed by atoms with Gasteiger partial charge in [0.25, 0.3) is 0 Å². The normalized spacial score (nSPS) is 15.4. The predicted octanol–water partition coefficient (Wildman–Crippen LogP) is 1.50. The first-order valence-electron chi connectivity index (χ1n) is 9.75. The number of hydrogen-bond acceptors (Lipinski definition) is 5. The van der Waals surface area contributed by atoms with Crippen LogP contribution in [-0.4, -0.2) is 57.0 Å². The molecule has 1 heterocycles. The molecule has 1 fully saturated rings. The predicted molar refractivity (Wildman–Crippen MR) is 110 cm³/mol. The summed E-state index contributed by atoms with van der Waals surface area (Å²) in [7, 11) is -3.15. The summed E-state index contributed by atoms with van der Waals surface area (Å²) in [5.41, 5.74) is 0.714. The van der Waals surface area contributed by atoms with Crippen molar-refractivity contribution in [3.05, 3.63) is 30.3 Å². The van der Waals surface area contributed by atoms with Gasteiger partial charge in [-0.05, 0) is 30.9 Å². The van der Waals surface area contributed by atoms with Crippen molar-refractivity contribution in [2.24, 2.45) is 5.92 Å². The third-order valence-electron chi connectivity index (χ3n) is 5.01. The van der Waals surface area contributed by atoms with Crippen molar-refractivity contribution < 1.29 is 18.0 Å². The number of anilines is 1. The number of carbonyl (C=O) groups is 2. The first kappa shape index (κ1) is 22.8. The number of benzene rings is 1. The third kappa shape index (κ3) is 7.48. The number of piperidine rings is 1. The Balaban J connectivity index is 1.76. The number of carbonyl (C=O) groups excluding carboxylic acids is 2. The Kier molecular flexibility index (Phi) is 8.61. The van der Waals surface area contributed by atoms with Crippen LogP contribution in [0, 0.1) is 17.2 Å². The largest absolute Gasteiger partial charge is 0.356 e. The van der Waals surface area contributed by atoms with E-state index in [9.17, 15) is 18.0 Å². The molecule has 1 aliphatic heterocycles. The van der Waals surface area contributed by atoms with E-state index in [0.717, 1.165) is 0 Å². The standard InChI is InChI=1S/C20H28N4O4S/c1-29(27,28)23-14-10-17(11-15-23)16-22-19(25)8-9-20(26)24(13-5-12-21)18-6-3-2-4-7-18/h2-4,6-7,17H,5,8-11,13-16H2,1H3,(H,22,25). The fourth-order valence-electron chi connectivity index (χ4n) is 3.31. The van der Waals surface area contributed by atoms with Crippen molar-refractivity contribution in [1.82, 2.24) is 9.62 Å². The number of hydrogen-bond donors (Lipinski definition) is 1. The highest BCUT2D eigenvalue weighted by molar-refractivity contribution is 7.88. The molecule has 1 saturated heterocycles. The van der Waals surface area contributed by atoms with Crippen LogP contribution in [0.3, 0.4) is 0 Å². The second-order valence-corrected chi connectivity index (χ2v) is 9.18. The molecule has 0 saturated carbocycles. The van der Waals surface area contributed by atoms with Gasteiger partial charge in [-0.2, -0.15) is 5.26 Å². The fraction of sp³-hybridized carbons (Fsp3) is 0.550. The van der Waals surface area contributed by atoms with E-state index in [0.29, 0.717) is 44.7 Å². The number of sulfonamides is 1. The Bertz CT molecular complexity index is 828. The van der Waals surface area contributed by atoms with Crippen LogP contribution in [0.15, 0.2) is 30.3 Å². The number of nitrogens with zero attached hydrogens (tertiary/aromatic N) is 3. The molecule has 158 valence electrons. The summed E-state index contributed by atoms with van der Waals surface area (Å²) in [4.78, 5) is 26.2. The van der Waals surface area contributed by atoms with Crippen LogP contribution in [0.1, 0.15) is 32.1 Å². The molecule has 0 atom stereocenters. The molecule has 0 bridgehead atoms. The zero-order valence-corrected chi connectivity index (χ0v) is 17.5. The molecular formula is C20H28N4O4S. The molecular weight excluding hydrogens is 392 g/mol. The van der Waals surface area contributed by atoms with Crippen molar-refractivity contribution in [3.8, 4) is 6.07 Å². The van der Waals surface area contributed by atoms with Gasteiger partial charge >= 0.3 is 0 Å². The Morgan fingerprint density at radius 3 is 2.45 bits per heavy atom. The molecule has 2 rings (SSSR count). The lowest BCUT2D eigenvalue weighted by molar-refractivity contribution is -0.125. The molecule has 2 amide bonds. The van der Waals surface area contributed by atoms with Gasteiger partial charge in [-0.15, -0.1) is 0 Å². The zero-order valence-electron chi connectivity index (χ0n) is 16.7. The Hall–Kier alpha value is -2.44. The van der Waals surface area contributed by atoms with Gasteiger partial charge in [0, 0.05) is 44.7 Å². The van der Waals surface area contributed by atoms with Gasteiger partial charge in [0.2, 0.25) is 21.8 Å². The molecule has 0 aliphatic carbocycles. The monoisotopic (exact) mass is 420 g/mol. The zero-order chi connectivity index (χ0) is 21.3. The third-order valence-corrected chi connectivity index (χ3v) is 6.32. The number of para-hydroxylation sites is 1.